The van der Waals surface area contributed by atoms with E-state index in [4.69, 9.17) is 18.9 Å². The topological polar surface area (TPSA) is 95.0 Å². The van der Waals surface area contributed by atoms with E-state index in [1.807, 2.05) is 17.0 Å². The Morgan fingerprint density at radius 3 is 2.72 bits per heavy atom. The van der Waals surface area contributed by atoms with E-state index in [-0.39, 0.29) is 24.3 Å². The van der Waals surface area contributed by atoms with Crippen LogP contribution in [0.1, 0.15) is 30.2 Å². The van der Waals surface area contributed by atoms with Gasteiger partial charge in [-0.25, -0.2) is 9.78 Å². The van der Waals surface area contributed by atoms with Gasteiger partial charge in [-0.1, -0.05) is 6.07 Å². The molecule has 1 fully saturated rings. The van der Waals surface area contributed by atoms with Crippen LogP contribution in [0.2, 0.25) is 0 Å². The van der Waals surface area contributed by atoms with Gasteiger partial charge in [0.1, 0.15) is 21.6 Å². The van der Waals surface area contributed by atoms with Crippen molar-refractivity contribution < 1.29 is 36.9 Å². The molecule has 0 spiro atoms. The Balaban J connectivity index is 1.37. The molecule has 9 nitrogen and oxygen atoms in total. The SMILES string of the molecule is CCOC(=O)OC1CCN(c2nc(NCc3ccc4c(c3)OCO4)c3cc(C(F)(F)F)sc3n2)CC1. The second-order valence-corrected chi connectivity index (χ2v) is 9.26. The summed E-state index contributed by atoms with van der Waals surface area (Å²) in [5.74, 6) is 1.89. The smallest absolute Gasteiger partial charge is 0.454 e. The minimum Gasteiger partial charge on any atom is -0.454 e. The number of ether oxygens (including phenoxy) is 4. The van der Waals surface area contributed by atoms with Crippen molar-refractivity contribution in [1.29, 1.82) is 0 Å². The van der Waals surface area contributed by atoms with Gasteiger partial charge in [-0.05, 0) is 30.7 Å². The highest BCUT2D eigenvalue weighted by Crippen LogP contribution is 2.40. The first-order valence-electron chi connectivity index (χ1n) is 11.4. The third kappa shape index (κ3) is 5.20. The lowest BCUT2D eigenvalue weighted by Gasteiger charge is -2.31. The molecule has 0 unspecified atom stereocenters. The molecule has 1 aromatic carbocycles. The molecular weight excluding hydrogens is 501 g/mol. The molecule has 0 bridgehead atoms. The number of carbonyl (C=O) groups is 1. The quantitative estimate of drug-likeness (QED) is 0.437. The minimum absolute atomic E-state index is 0.152. The van der Waals surface area contributed by atoms with Gasteiger partial charge in [0.15, 0.2) is 11.5 Å². The summed E-state index contributed by atoms with van der Waals surface area (Å²) in [7, 11) is 0. The lowest BCUT2D eigenvalue weighted by Crippen LogP contribution is -2.39. The van der Waals surface area contributed by atoms with Crippen LogP contribution in [-0.4, -0.2) is 48.7 Å². The Morgan fingerprint density at radius 2 is 1.97 bits per heavy atom. The Kier molecular flexibility index (Phi) is 6.65. The second-order valence-electron chi connectivity index (χ2n) is 8.23. The molecule has 2 aromatic heterocycles. The zero-order chi connectivity index (χ0) is 25.3. The number of piperidine rings is 1. The lowest BCUT2D eigenvalue weighted by molar-refractivity contribution is -0.134. The largest absolute Gasteiger partial charge is 0.508 e. The lowest BCUT2D eigenvalue weighted by atomic mass is 10.1. The van der Waals surface area contributed by atoms with Crippen molar-refractivity contribution in [2.75, 3.05) is 36.7 Å². The molecule has 2 aliphatic heterocycles. The van der Waals surface area contributed by atoms with Crippen molar-refractivity contribution >= 4 is 39.5 Å². The molecule has 192 valence electrons. The van der Waals surface area contributed by atoms with Crippen LogP contribution in [0, 0.1) is 0 Å². The predicted molar refractivity (Wildman–Crippen MR) is 126 cm³/mol. The van der Waals surface area contributed by atoms with E-state index in [2.05, 4.69) is 15.3 Å². The maximum atomic E-state index is 13.4. The first-order chi connectivity index (χ1) is 17.3. The maximum absolute atomic E-state index is 13.4. The van der Waals surface area contributed by atoms with E-state index in [1.165, 1.54) is 0 Å². The van der Waals surface area contributed by atoms with E-state index in [9.17, 15) is 18.0 Å². The Hall–Kier alpha value is -3.48. The number of nitrogens with one attached hydrogen (secondary N) is 1. The monoisotopic (exact) mass is 524 g/mol. The standard InChI is InChI=1S/C23H23F3N4O5S/c1-2-32-22(31)35-14-5-7-30(8-6-14)21-28-19(15-10-18(23(24,25)26)36-20(15)29-21)27-11-13-3-4-16-17(9-13)34-12-33-16/h3-4,9-10,14H,2,5-8,11-12H2,1H3,(H,27,28,29). The van der Waals surface area contributed by atoms with Gasteiger partial charge < -0.3 is 29.2 Å². The van der Waals surface area contributed by atoms with Crippen LogP contribution in [-0.2, 0) is 22.2 Å². The van der Waals surface area contributed by atoms with Crippen molar-refractivity contribution in [3.05, 3.63) is 34.7 Å². The van der Waals surface area contributed by atoms with Crippen LogP contribution < -0.4 is 19.7 Å². The fraction of sp³-hybridized carbons (Fsp3) is 0.435. The summed E-state index contributed by atoms with van der Waals surface area (Å²) >= 11 is 0.584. The van der Waals surface area contributed by atoms with Gasteiger partial charge >= 0.3 is 12.3 Å². The normalized spacial score (nSPS) is 15.8. The summed E-state index contributed by atoms with van der Waals surface area (Å²) < 4.78 is 61.2. The van der Waals surface area contributed by atoms with E-state index in [0.29, 0.717) is 72.5 Å². The Labute approximate surface area is 208 Å². The fourth-order valence-corrected chi connectivity index (χ4v) is 4.92. The minimum atomic E-state index is -4.48. The molecule has 13 heteroatoms. The zero-order valence-corrected chi connectivity index (χ0v) is 20.1. The van der Waals surface area contributed by atoms with Crippen molar-refractivity contribution in [3.8, 4) is 11.5 Å². The molecule has 0 amide bonds. The number of rotatable bonds is 6. The number of thiophene rings is 1. The molecule has 2 aliphatic rings. The van der Waals surface area contributed by atoms with Gasteiger partial charge in [0, 0.05) is 32.5 Å². The molecule has 0 saturated carbocycles. The Morgan fingerprint density at radius 1 is 1.19 bits per heavy atom. The van der Waals surface area contributed by atoms with Gasteiger partial charge in [-0.2, -0.15) is 18.2 Å². The van der Waals surface area contributed by atoms with Crippen molar-refractivity contribution in [2.45, 2.75) is 38.6 Å². The Bertz CT molecular complexity index is 1260. The second kappa shape index (κ2) is 9.88. The van der Waals surface area contributed by atoms with Crippen molar-refractivity contribution in [3.63, 3.8) is 0 Å². The summed E-state index contributed by atoms with van der Waals surface area (Å²) in [6.45, 7) is 3.36. The van der Waals surface area contributed by atoms with E-state index in [0.717, 1.165) is 11.6 Å². The number of hydrogen-bond donors (Lipinski definition) is 1. The number of carbonyl (C=O) groups excluding carboxylic acids is 1. The number of anilines is 2. The molecule has 36 heavy (non-hydrogen) atoms. The molecule has 3 aromatic rings. The van der Waals surface area contributed by atoms with Gasteiger partial charge in [-0.15, -0.1) is 11.3 Å². The molecule has 5 rings (SSSR count). The summed E-state index contributed by atoms with van der Waals surface area (Å²) in [4.78, 5) is 22.0. The van der Waals surface area contributed by atoms with Gasteiger partial charge in [-0.3, -0.25) is 0 Å². The number of aromatic nitrogens is 2. The van der Waals surface area contributed by atoms with Crippen LogP contribution in [0.3, 0.4) is 0 Å². The number of nitrogens with zero attached hydrogens (tertiary/aromatic N) is 3. The molecular formula is C23H23F3N4O5S. The highest BCUT2D eigenvalue weighted by atomic mass is 32.1. The maximum Gasteiger partial charge on any atom is 0.508 e. The number of benzene rings is 1. The van der Waals surface area contributed by atoms with E-state index < -0.39 is 17.2 Å². The molecule has 0 aliphatic carbocycles. The highest BCUT2D eigenvalue weighted by Gasteiger charge is 2.34. The van der Waals surface area contributed by atoms with Crippen LogP contribution in [0.15, 0.2) is 24.3 Å². The highest BCUT2D eigenvalue weighted by molar-refractivity contribution is 7.18. The van der Waals surface area contributed by atoms with Crippen molar-refractivity contribution in [1.82, 2.24) is 9.97 Å². The van der Waals surface area contributed by atoms with Crippen LogP contribution in [0.5, 0.6) is 11.5 Å². The van der Waals surface area contributed by atoms with Gasteiger partial charge in [0.05, 0.1) is 12.0 Å². The van der Waals surface area contributed by atoms with E-state index in [1.54, 1.807) is 13.0 Å². The number of alkyl halides is 3. The van der Waals surface area contributed by atoms with Crippen LogP contribution in [0.4, 0.5) is 29.7 Å². The number of hydrogen-bond acceptors (Lipinski definition) is 10. The third-order valence-electron chi connectivity index (χ3n) is 5.81. The third-order valence-corrected chi connectivity index (χ3v) is 6.88. The fourth-order valence-electron chi connectivity index (χ4n) is 4.02. The molecule has 1 N–H and O–H groups in total. The van der Waals surface area contributed by atoms with E-state index >= 15 is 0 Å². The molecule has 4 heterocycles. The predicted octanol–water partition coefficient (Wildman–Crippen LogP) is 5.19. The van der Waals surface area contributed by atoms with Crippen LogP contribution in [0.25, 0.3) is 10.2 Å². The molecule has 1 saturated heterocycles. The molecule has 0 radical (unpaired) electrons. The van der Waals surface area contributed by atoms with Crippen LogP contribution >= 0.6 is 11.3 Å². The van der Waals surface area contributed by atoms with Crippen molar-refractivity contribution in [2.24, 2.45) is 0 Å². The summed E-state index contributed by atoms with van der Waals surface area (Å²) in [5, 5.41) is 3.47. The van der Waals surface area contributed by atoms with Gasteiger partial charge in [0.2, 0.25) is 12.7 Å². The number of halogens is 3. The average Bonchev–Trinajstić information content (AvgIpc) is 3.50. The first kappa shape index (κ1) is 24.2. The summed E-state index contributed by atoms with van der Waals surface area (Å²) in [6.07, 6.45) is -4.44. The number of fused-ring (bicyclic) bond motifs is 2. The first-order valence-corrected chi connectivity index (χ1v) is 12.2. The summed E-state index contributed by atoms with van der Waals surface area (Å²) in [5.41, 5.74) is 0.857. The van der Waals surface area contributed by atoms with Gasteiger partial charge in [0.25, 0.3) is 0 Å². The summed E-state index contributed by atoms with van der Waals surface area (Å²) in [6, 6.07) is 6.53. The zero-order valence-electron chi connectivity index (χ0n) is 19.3. The average molecular weight is 525 g/mol. The molecule has 0 atom stereocenters.